The van der Waals surface area contributed by atoms with E-state index in [-0.39, 0.29) is 11.6 Å². The Morgan fingerprint density at radius 1 is 1.50 bits per heavy atom. The van der Waals surface area contributed by atoms with Gasteiger partial charge in [-0.25, -0.2) is 4.98 Å². The lowest BCUT2D eigenvalue weighted by molar-refractivity contribution is 0.157. The molecular formula is C13H23N3O2. The van der Waals surface area contributed by atoms with Crippen molar-refractivity contribution in [3.05, 3.63) is 27.9 Å². The van der Waals surface area contributed by atoms with E-state index in [1.54, 1.807) is 17.7 Å². The number of aryl methyl sites for hydroxylation is 2. The Kier molecular flexibility index (Phi) is 6.01. The molecule has 1 atom stereocenters. The molecule has 1 N–H and O–H groups in total. The second-order valence-corrected chi connectivity index (χ2v) is 4.50. The highest BCUT2D eigenvalue weighted by Gasteiger charge is 2.11. The molecule has 5 nitrogen and oxygen atoms in total. The summed E-state index contributed by atoms with van der Waals surface area (Å²) in [7, 11) is 1.67. The molecule has 1 unspecified atom stereocenters. The number of hydrogen-bond donors (Lipinski definition) is 1. The summed E-state index contributed by atoms with van der Waals surface area (Å²) in [6.45, 7) is 7.90. The SMILES string of the molecule is CCCNC(COC)Cn1c(C)nc(C)cc1=O. The normalized spacial score (nSPS) is 12.7. The molecule has 0 aliphatic rings. The van der Waals surface area contributed by atoms with Crippen LogP contribution in [0, 0.1) is 13.8 Å². The highest BCUT2D eigenvalue weighted by atomic mass is 16.5. The molecule has 18 heavy (non-hydrogen) atoms. The van der Waals surface area contributed by atoms with E-state index in [2.05, 4.69) is 17.2 Å². The van der Waals surface area contributed by atoms with Crippen LogP contribution in [-0.4, -0.2) is 35.9 Å². The molecular weight excluding hydrogens is 230 g/mol. The Balaban J connectivity index is 2.83. The predicted octanol–water partition coefficient (Wildman–Crippen LogP) is 0.875. The van der Waals surface area contributed by atoms with Crippen LogP contribution in [0.3, 0.4) is 0 Å². The minimum atomic E-state index is -0.000554. The first-order chi connectivity index (χ1) is 8.58. The van der Waals surface area contributed by atoms with Crippen molar-refractivity contribution in [3.63, 3.8) is 0 Å². The molecule has 0 fully saturated rings. The van der Waals surface area contributed by atoms with Crippen LogP contribution in [0.15, 0.2) is 10.9 Å². The first kappa shape index (κ1) is 14.9. The van der Waals surface area contributed by atoms with Crippen molar-refractivity contribution >= 4 is 0 Å². The Labute approximate surface area is 108 Å². The van der Waals surface area contributed by atoms with E-state index in [9.17, 15) is 4.79 Å². The van der Waals surface area contributed by atoms with Crippen LogP contribution in [0.4, 0.5) is 0 Å². The lowest BCUT2D eigenvalue weighted by atomic mass is 10.2. The topological polar surface area (TPSA) is 56.1 Å². The molecule has 0 spiro atoms. The fourth-order valence-electron chi connectivity index (χ4n) is 1.93. The third-order valence-electron chi connectivity index (χ3n) is 2.78. The number of hydrogen-bond acceptors (Lipinski definition) is 4. The molecule has 1 aromatic rings. The smallest absolute Gasteiger partial charge is 0.253 e. The zero-order chi connectivity index (χ0) is 13.5. The maximum absolute atomic E-state index is 11.9. The summed E-state index contributed by atoms with van der Waals surface area (Å²) >= 11 is 0. The highest BCUT2D eigenvalue weighted by Crippen LogP contribution is 1.97. The third kappa shape index (κ3) is 4.23. The molecule has 0 amide bonds. The van der Waals surface area contributed by atoms with Gasteiger partial charge in [0.15, 0.2) is 0 Å². The van der Waals surface area contributed by atoms with Crippen molar-refractivity contribution in [2.45, 2.75) is 39.8 Å². The molecule has 0 aromatic carbocycles. The van der Waals surface area contributed by atoms with E-state index in [0.29, 0.717) is 13.2 Å². The monoisotopic (exact) mass is 253 g/mol. The summed E-state index contributed by atoms with van der Waals surface area (Å²) in [5, 5.41) is 3.38. The average molecular weight is 253 g/mol. The van der Waals surface area contributed by atoms with E-state index in [0.717, 1.165) is 24.5 Å². The summed E-state index contributed by atoms with van der Waals surface area (Å²) in [5.74, 6) is 0.749. The van der Waals surface area contributed by atoms with E-state index < -0.39 is 0 Å². The van der Waals surface area contributed by atoms with Gasteiger partial charge in [0, 0.05) is 31.5 Å². The molecule has 0 aliphatic heterocycles. The maximum Gasteiger partial charge on any atom is 0.253 e. The van der Waals surface area contributed by atoms with Gasteiger partial charge >= 0.3 is 0 Å². The second kappa shape index (κ2) is 7.28. The largest absolute Gasteiger partial charge is 0.383 e. The first-order valence-electron chi connectivity index (χ1n) is 6.35. The van der Waals surface area contributed by atoms with Crippen LogP contribution in [0.2, 0.25) is 0 Å². The minimum absolute atomic E-state index is 0.000554. The molecule has 0 aliphatic carbocycles. The van der Waals surface area contributed by atoms with Crippen LogP contribution in [-0.2, 0) is 11.3 Å². The van der Waals surface area contributed by atoms with Gasteiger partial charge in [0.25, 0.3) is 5.56 Å². The molecule has 1 rings (SSSR count). The average Bonchev–Trinajstić information content (AvgIpc) is 2.30. The van der Waals surface area contributed by atoms with Gasteiger partial charge in [-0.05, 0) is 26.8 Å². The predicted molar refractivity (Wildman–Crippen MR) is 71.9 cm³/mol. The van der Waals surface area contributed by atoms with Gasteiger partial charge in [0.2, 0.25) is 0 Å². The highest BCUT2D eigenvalue weighted by molar-refractivity contribution is 5.02. The van der Waals surface area contributed by atoms with Crippen molar-refractivity contribution in [3.8, 4) is 0 Å². The van der Waals surface area contributed by atoms with Gasteiger partial charge in [-0.15, -0.1) is 0 Å². The molecule has 0 saturated carbocycles. The van der Waals surface area contributed by atoms with Crippen LogP contribution < -0.4 is 10.9 Å². The van der Waals surface area contributed by atoms with E-state index in [1.165, 1.54) is 0 Å². The van der Waals surface area contributed by atoms with Gasteiger partial charge in [-0.3, -0.25) is 9.36 Å². The molecule has 0 bridgehead atoms. The Hall–Kier alpha value is -1.20. The summed E-state index contributed by atoms with van der Waals surface area (Å²) in [4.78, 5) is 16.3. The Morgan fingerprint density at radius 3 is 2.78 bits per heavy atom. The molecule has 0 saturated heterocycles. The minimum Gasteiger partial charge on any atom is -0.383 e. The number of nitrogens with one attached hydrogen (secondary N) is 1. The number of nitrogens with zero attached hydrogens (tertiary/aromatic N) is 2. The molecule has 5 heteroatoms. The lowest BCUT2D eigenvalue weighted by Gasteiger charge is -2.20. The number of methoxy groups -OCH3 is 1. The van der Waals surface area contributed by atoms with Crippen molar-refractivity contribution in [1.29, 1.82) is 0 Å². The van der Waals surface area contributed by atoms with Gasteiger partial charge in [-0.1, -0.05) is 6.92 Å². The van der Waals surface area contributed by atoms with E-state index in [4.69, 9.17) is 4.74 Å². The third-order valence-corrected chi connectivity index (χ3v) is 2.78. The van der Waals surface area contributed by atoms with Crippen molar-refractivity contribution in [2.24, 2.45) is 0 Å². The van der Waals surface area contributed by atoms with Gasteiger partial charge in [-0.2, -0.15) is 0 Å². The number of rotatable bonds is 7. The van der Waals surface area contributed by atoms with Gasteiger partial charge in [0.05, 0.1) is 6.61 Å². The molecule has 1 heterocycles. The van der Waals surface area contributed by atoms with Crippen LogP contribution in [0.1, 0.15) is 24.9 Å². The van der Waals surface area contributed by atoms with Crippen LogP contribution >= 0.6 is 0 Å². The quantitative estimate of drug-likeness (QED) is 0.783. The zero-order valence-corrected chi connectivity index (χ0v) is 11.7. The Bertz CT molecular complexity index is 429. The second-order valence-electron chi connectivity index (χ2n) is 4.50. The molecule has 1 aromatic heterocycles. The molecule has 102 valence electrons. The van der Waals surface area contributed by atoms with E-state index >= 15 is 0 Å². The van der Waals surface area contributed by atoms with E-state index in [1.807, 2.05) is 13.8 Å². The van der Waals surface area contributed by atoms with Gasteiger partial charge < -0.3 is 10.1 Å². The van der Waals surface area contributed by atoms with Crippen LogP contribution in [0.25, 0.3) is 0 Å². The summed E-state index contributed by atoms with van der Waals surface area (Å²) in [6.07, 6.45) is 1.06. The summed E-state index contributed by atoms with van der Waals surface area (Å²) < 4.78 is 6.87. The fraction of sp³-hybridized carbons (Fsp3) is 0.692. The lowest BCUT2D eigenvalue weighted by Crippen LogP contribution is -2.41. The van der Waals surface area contributed by atoms with Crippen molar-refractivity contribution in [2.75, 3.05) is 20.3 Å². The summed E-state index contributed by atoms with van der Waals surface area (Å²) in [5.41, 5.74) is 0.762. The number of aromatic nitrogens is 2. The summed E-state index contributed by atoms with van der Waals surface area (Å²) in [6, 6.07) is 1.70. The fourth-order valence-corrected chi connectivity index (χ4v) is 1.93. The van der Waals surface area contributed by atoms with Crippen molar-refractivity contribution < 1.29 is 4.74 Å². The standard InChI is InChI=1S/C13H23N3O2/c1-5-6-14-12(9-18-4)8-16-11(3)15-10(2)7-13(16)17/h7,12,14H,5-6,8-9H2,1-4H3. The number of ether oxygens (including phenoxy) is 1. The maximum atomic E-state index is 11.9. The van der Waals surface area contributed by atoms with Crippen molar-refractivity contribution in [1.82, 2.24) is 14.9 Å². The van der Waals surface area contributed by atoms with Crippen LogP contribution in [0.5, 0.6) is 0 Å². The zero-order valence-electron chi connectivity index (χ0n) is 11.7. The molecule has 0 radical (unpaired) electrons. The Morgan fingerprint density at radius 2 is 2.22 bits per heavy atom. The first-order valence-corrected chi connectivity index (χ1v) is 6.35. The van der Waals surface area contributed by atoms with Gasteiger partial charge in [0.1, 0.15) is 5.82 Å².